The number of rotatable bonds is 4. The summed E-state index contributed by atoms with van der Waals surface area (Å²) in [6.07, 6.45) is 4.13. The van der Waals surface area contributed by atoms with Gasteiger partial charge in [0.05, 0.1) is 17.3 Å². The lowest BCUT2D eigenvalue weighted by Crippen LogP contribution is -2.04. The standard InChI is InChI=1S/C16H15N5/c1-2-3-7-10-17-15-14-11-20-21(16(14)19-12-18-15)13-8-5-4-6-9-13/h4-6,8-9,11-12H,7,10H2,1H3,(H,17,18,19). The van der Waals surface area contributed by atoms with E-state index in [1.807, 2.05) is 41.9 Å². The number of hydrogen-bond donors (Lipinski definition) is 1. The minimum atomic E-state index is 0.753. The molecule has 0 atom stereocenters. The van der Waals surface area contributed by atoms with Crippen LogP contribution in [-0.2, 0) is 0 Å². The summed E-state index contributed by atoms with van der Waals surface area (Å²) in [4.78, 5) is 8.63. The van der Waals surface area contributed by atoms with Gasteiger partial charge in [0.2, 0.25) is 0 Å². The first-order valence-corrected chi connectivity index (χ1v) is 6.78. The quantitative estimate of drug-likeness (QED) is 0.588. The van der Waals surface area contributed by atoms with Gasteiger partial charge in [-0.25, -0.2) is 14.6 Å². The molecule has 3 rings (SSSR count). The molecular weight excluding hydrogens is 262 g/mol. The number of benzene rings is 1. The molecule has 0 aliphatic heterocycles. The number of fused-ring (bicyclic) bond motifs is 1. The molecule has 3 aromatic rings. The summed E-state index contributed by atoms with van der Waals surface area (Å²) in [6.45, 7) is 2.59. The number of hydrogen-bond acceptors (Lipinski definition) is 4. The Morgan fingerprint density at radius 1 is 1.19 bits per heavy atom. The van der Waals surface area contributed by atoms with Crippen LogP contribution in [0.15, 0.2) is 42.9 Å². The Kier molecular flexibility index (Phi) is 3.79. The summed E-state index contributed by atoms with van der Waals surface area (Å²) in [5.74, 6) is 6.69. The molecule has 0 spiro atoms. The van der Waals surface area contributed by atoms with E-state index in [1.165, 1.54) is 0 Å². The molecule has 5 heteroatoms. The topological polar surface area (TPSA) is 55.6 Å². The molecule has 0 fully saturated rings. The second kappa shape index (κ2) is 6.06. The van der Waals surface area contributed by atoms with Crippen LogP contribution in [0.4, 0.5) is 5.82 Å². The fourth-order valence-corrected chi connectivity index (χ4v) is 2.11. The van der Waals surface area contributed by atoms with Crippen LogP contribution in [0.25, 0.3) is 16.7 Å². The van der Waals surface area contributed by atoms with Crippen molar-refractivity contribution < 1.29 is 0 Å². The van der Waals surface area contributed by atoms with Crippen molar-refractivity contribution in [2.45, 2.75) is 13.3 Å². The Bertz CT molecular complexity index is 796. The minimum Gasteiger partial charge on any atom is -0.368 e. The third kappa shape index (κ3) is 2.70. The molecule has 0 saturated heterocycles. The third-order valence-electron chi connectivity index (χ3n) is 3.09. The van der Waals surface area contributed by atoms with Crippen LogP contribution in [0.5, 0.6) is 0 Å². The Balaban J connectivity index is 1.94. The lowest BCUT2D eigenvalue weighted by molar-refractivity contribution is 0.895. The molecule has 0 radical (unpaired) electrons. The highest BCUT2D eigenvalue weighted by molar-refractivity contribution is 5.87. The SMILES string of the molecule is CC#CCCNc1ncnc2c1cnn2-c1ccccc1. The van der Waals surface area contributed by atoms with Gasteiger partial charge in [-0.1, -0.05) is 18.2 Å². The van der Waals surface area contributed by atoms with Crippen molar-refractivity contribution in [1.82, 2.24) is 19.7 Å². The summed E-state index contributed by atoms with van der Waals surface area (Å²) in [6, 6.07) is 9.93. The maximum Gasteiger partial charge on any atom is 0.168 e. The molecule has 0 amide bonds. The predicted octanol–water partition coefficient (Wildman–Crippen LogP) is 2.64. The summed E-state index contributed by atoms with van der Waals surface area (Å²) >= 11 is 0. The van der Waals surface area contributed by atoms with E-state index in [0.29, 0.717) is 0 Å². The summed E-state index contributed by atoms with van der Waals surface area (Å²) in [5, 5.41) is 8.61. The molecule has 0 saturated carbocycles. The van der Waals surface area contributed by atoms with E-state index in [9.17, 15) is 0 Å². The van der Waals surface area contributed by atoms with Crippen molar-refractivity contribution in [2.24, 2.45) is 0 Å². The second-order valence-electron chi connectivity index (χ2n) is 4.46. The fourth-order valence-electron chi connectivity index (χ4n) is 2.11. The Hall–Kier alpha value is -2.87. The van der Waals surface area contributed by atoms with E-state index in [2.05, 4.69) is 32.2 Å². The number of aromatic nitrogens is 4. The lowest BCUT2D eigenvalue weighted by Gasteiger charge is -2.05. The van der Waals surface area contributed by atoms with E-state index in [-0.39, 0.29) is 0 Å². The van der Waals surface area contributed by atoms with Gasteiger partial charge in [0.25, 0.3) is 0 Å². The number of nitrogens with zero attached hydrogens (tertiary/aromatic N) is 4. The zero-order valence-electron chi connectivity index (χ0n) is 11.7. The third-order valence-corrected chi connectivity index (χ3v) is 3.09. The highest BCUT2D eigenvalue weighted by Crippen LogP contribution is 2.21. The van der Waals surface area contributed by atoms with Crippen LogP contribution in [0, 0.1) is 11.8 Å². The summed E-state index contributed by atoms with van der Waals surface area (Å²) in [7, 11) is 0. The Morgan fingerprint density at radius 3 is 2.86 bits per heavy atom. The highest BCUT2D eigenvalue weighted by Gasteiger charge is 2.10. The molecule has 0 unspecified atom stereocenters. The monoisotopic (exact) mass is 277 g/mol. The average molecular weight is 277 g/mol. The largest absolute Gasteiger partial charge is 0.368 e. The fraction of sp³-hybridized carbons (Fsp3) is 0.188. The van der Waals surface area contributed by atoms with Gasteiger partial charge in [-0.3, -0.25) is 0 Å². The molecule has 2 heterocycles. The van der Waals surface area contributed by atoms with Gasteiger partial charge >= 0.3 is 0 Å². The molecule has 0 aliphatic carbocycles. The van der Waals surface area contributed by atoms with Gasteiger partial charge in [-0.05, 0) is 19.1 Å². The van der Waals surface area contributed by atoms with Crippen LogP contribution in [-0.4, -0.2) is 26.3 Å². The van der Waals surface area contributed by atoms with E-state index < -0.39 is 0 Å². The van der Waals surface area contributed by atoms with Crippen molar-refractivity contribution in [2.75, 3.05) is 11.9 Å². The maximum atomic E-state index is 4.42. The first-order chi connectivity index (χ1) is 10.4. The summed E-state index contributed by atoms with van der Waals surface area (Å²) in [5.41, 5.74) is 1.77. The van der Waals surface area contributed by atoms with Gasteiger partial charge in [-0.15, -0.1) is 11.8 Å². The van der Waals surface area contributed by atoms with Crippen molar-refractivity contribution in [1.29, 1.82) is 0 Å². The molecule has 2 aromatic heterocycles. The first kappa shape index (κ1) is 13.1. The molecule has 1 aromatic carbocycles. The number of nitrogens with one attached hydrogen (secondary N) is 1. The van der Waals surface area contributed by atoms with Crippen LogP contribution in [0.3, 0.4) is 0 Å². The zero-order chi connectivity index (χ0) is 14.5. The normalized spacial score (nSPS) is 10.1. The minimum absolute atomic E-state index is 0.753. The van der Waals surface area contributed by atoms with Gasteiger partial charge in [0.15, 0.2) is 5.65 Å². The van der Waals surface area contributed by atoms with Gasteiger partial charge in [-0.2, -0.15) is 5.10 Å². The maximum absolute atomic E-state index is 4.42. The predicted molar refractivity (Wildman–Crippen MR) is 83.2 cm³/mol. The highest BCUT2D eigenvalue weighted by atomic mass is 15.3. The smallest absolute Gasteiger partial charge is 0.168 e. The van der Waals surface area contributed by atoms with Crippen LogP contribution in [0.2, 0.25) is 0 Å². The van der Waals surface area contributed by atoms with E-state index in [1.54, 1.807) is 12.5 Å². The van der Waals surface area contributed by atoms with Crippen molar-refractivity contribution in [3.63, 3.8) is 0 Å². The second-order valence-corrected chi connectivity index (χ2v) is 4.46. The van der Waals surface area contributed by atoms with Crippen LogP contribution in [0.1, 0.15) is 13.3 Å². The van der Waals surface area contributed by atoms with E-state index >= 15 is 0 Å². The average Bonchev–Trinajstić information content (AvgIpc) is 2.97. The van der Waals surface area contributed by atoms with Crippen molar-refractivity contribution in [3.8, 4) is 17.5 Å². The van der Waals surface area contributed by atoms with Crippen molar-refractivity contribution >= 4 is 16.9 Å². The molecule has 1 N–H and O–H groups in total. The van der Waals surface area contributed by atoms with Crippen molar-refractivity contribution in [3.05, 3.63) is 42.9 Å². The Labute approximate surface area is 123 Å². The lowest BCUT2D eigenvalue weighted by atomic mass is 10.3. The molecule has 0 bridgehead atoms. The van der Waals surface area contributed by atoms with Crippen LogP contribution >= 0.6 is 0 Å². The molecule has 0 aliphatic rings. The molecule has 5 nitrogen and oxygen atoms in total. The molecular formula is C16H15N5. The molecule has 21 heavy (non-hydrogen) atoms. The van der Waals surface area contributed by atoms with E-state index in [0.717, 1.165) is 35.5 Å². The van der Waals surface area contributed by atoms with Crippen LogP contribution < -0.4 is 5.32 Å². The zero-order valence-corrected chi connectivity index (χ0v) is 11.7. The Morgan fingerprint density at radius 2 is 2.05 bits per heavy atom. The van der Waals surface area contributed by atoms with Gasteiger partial charge < -0.3 is 5.32 Å². The molecule has 104 valence electrons. The summed E-state index contributed by atoms with van der Waals surface area (Å²) < 4.78 is 1.81. The first-order valence-electron chi connectivity index (χ1n) is 6.78. The number of anilines is 1. The van der Waals surface area contributed by atoms with Gasteiger partial charge in [0, 0.05) is 13.0 Å². The van der Waals surface area contributed by atoms with Gasteiger partial charge in [0.1, 0.15) is 12.1 Å². The number of para-hydroxylation sites is 1. The van der Waals surface area contributed by atoms with E-state index in [4.69, 9.17) is 0 Å².